The lowest BCUT2D eigenvalue weighted by Crippen LogP contribution is -2.58. The fraction of sp³-hybridized carbons (Fsp3) is 0.500. The van der Waals surface area contributed by atoms with Crippen LogP contribution in [0.3, 0.4) is 0 Å². The molecule has 0 bridgehead atoms. The highest BCUT2D eigenvalue weighted by Gasteiger charge is 2.38. The van der Waals surface area contributed by atoms with Crippen molar-refractivity contribution in [3.63, 3.8) is 0 Å². The fourth-order valence-corrected chi connectivity index (χ4v) is 7.76. The molecule has 1 amide bonds. The van der Waals surface area contributed by atoms with Crippen LogP contribution in [-0.4, -0.2) is 65.2 Å². The molecule has 6 nitrogen and oxygen atoms in total. The number of H-pyrrole nitrogens is 1. The number of halogens is 2. The maximum absolute atomic E-state index is 14.2. The maximum Gasteiger partial charge on any atom is 0.271 e. The Morgan fingerprint density at radius 1 is 0.875 bits per heavy atom. The summed E-state index contributed by atoms with van der Waals surface area (Å²) in [5.41, 5.74) is 3.67. The van der Waals surface area contributed by atoms with Crippen LogP contribution in [0.1, 0.15) is 72.5 Å². The molecule has 212 valence electrons. The third-order valence-electron chi connectivity index (χ3n) is 9.24. The highest BCUT2D eigenvalue weighted by molar-refractivity contribution is 6.36. The van der Waals surface area contributed by atoms with Gasteiger partial charge in [0.25, 0.3) is 5.91 Å². The van der Waals surface area contributed by atoms with Crippen molar-refractivity contribution in [1.82, 2.24) is 20.1 Å². The summed E-state index contributed by atoms with van der Waals surface area (Å²) in [5.74, 6) is 0.579. The highest BCUT2D eigenvalue weighted by Crippen LogP contribution is 2.38. The van der Waals surface area contributed by atoms with Crippen molar-refractivity contribution in [3.8, 4) is 0 Å². The van der Waals surface area contributed by atoms with Crippen LogP contribution in [0.15, 0.2) is 42.5 Å². The van der Waals surface area contributed by atoms with E-state index >= 15 is 0 Å². The number of ketones is 1. The van der Waals surface area contributed by atoms with Crippen LogP contribution in [0.4, 0.5) is 0 Å². The standard InChI is InChI=1S/C32H38Cl2N4O2/c33-25-10-6-11-26(34)29(25)21-13-16-37(17-14-21)20-24-23-9-4-5-12-27(23)36-30(24)32(40)38-18-15-35-19-28(38)31(39)22-7-2-1-3-8-22/h4-6,9-12,21-22,28,35-36H,1-3,7-8,13-20H2. The van der Waals surface area contributed by atoms with E-state index in [-0.39, 0.29) is 17.6 Å². The molecule has 3 fully saturated rings. The van der Waals surface area contributed by atoms with Crippen LogP contribution in [0, 0.1) is 5.92 Å². The Balaban J connectivity index is 1.23. The van der Waals surface area contributed by atoms with Crippen molar-refractivity contribution in [2.45, 2.75) is 63.5 Å². The number of carbonyl (C=O) groups excluding carboxylic acids is 2. The molecule has 1 saturated carbocycles. The van der Waals surface area contributed by atoms with Gasteiger partial charge in [-0.2, -0.15) is 0 Å². The summed E-state index contributed by atoms with van der Waals surface area (Å²) in [7, 11) is 0. The van der Waals surface area contributed by atoms with Gasteiger partial charge >= 0.3 is 0 Å². The number of piperidine rings is 1. The number of hydrogen-bond donors (Lipinski definition) is 2. The zero-order valence-corrected chi connectivity index (χ0v) is 24.4. The van der Waals surface area contributed by atoms with E-state index in [2.05, 4.69) is 21.3 Å². The number of nitrogens with one attached hydrogen (secondary N) is 2. The molecule has 2 saturated heterocycles. The number of rotatable bonds is 6. The number of benzene rings is 2. The minimum atomic E-state index is -0.403. The second kappa shape index (κ2) is 12.2. The summed E-state index contributed by atoms with van der Waals surface area (Å²) in [6.45, 7) is 4.26. The molecule has 2 aromatic carbocycles. The number of para-hydroxylation sites is 1. The third-order valence-corrected chi connectivity index (χ3v) is 9.90. The number of aromatic amines is 1. The summed E-state index contributed by atoms with van der Waals surface area (Å²) in [5, 5.41) is 5.93. The van der Waals surface area contributed by atoms with Gasteiger partial charge in [0.05, 0.1) is 0 Å². The average molecular weight is 582 g/mol. The van der Waals surface area contributed by atoms with Crippen LogP contribution < -0.4 is 5.32 Å². The summed E-state index contributed by atoms with van der Waals surface area (Å²) in [4.78, 5) is 35.5. The zero-order chi connectivity index (χ0) is 27.6. The summed E-state index contributed by atoms with van der Waals surface area (Å²) in [6.07, 6.45) is 7.24. The molecule has 0 radical (unpaired) electrons. The van der Waals surface area contributed by atoms with Crippen LogP contribution in [-0.2, 0) is 11.3 Å². The fourth-order valence-electron chi connectivity index (χ4n) is 7.06. The maximum atomic E-state index is 14.2. The van der Waals surface area contributed by atoms with Gasteiger partial charge in [0.15, 0.2) is 5.78 Å². The molecule has 1 unspecified atom stereocenters. The molecule has 2 N–H and O–H groups in total. The molecule has 1 aliphatic carbocycles. The number of nitrogens with zero attached hydrogens (tertiary/aromatic N) is 2. The molecule has 3 aromatic rings. The molecular formula is C32H38Cl2N4O2. The van der Waals surface area contributed by atoms with Gasteiger partial charge < -0.3 is 15.2 Å². The number of piperazine rings is 1. The van der Waals surface area contributed by atoms with E-state index in [0.717, 1.165) is 83.7 Å². The molecule has 1 atom stereocenters. The van der Waals surface area contributed by atoms with Crippen molar-refractivity contribution in [1.29, 1.82) is 0 Å². The van der Waals surface area contributed by atoms with E-state index in [0.29, 0.717) is 37.8 Å². The van der Waals surface area contributed by atoms with Gasteiger partial charge in [-0.3, -0.25) is 14.5 Å². The third kappa shape index (κ3) is 5.56. The lowest BCUT2D eigenvalue weighted by Gasteiger charge is -2.38. The van der Waals surface area contributed by atoms with Crippen LogP contribution in [0.5, 0.6) is 0 Å². The first-order valence-electron chi connectivity index (χ1n) is 14.8. The summed E-state index contributed by atoms with van der Waals surface area (Å²) in [6, 6.07) is 13.5. The van der Waals surface area contributed by atoms with Crippen molar-refractivity contribution in [3.05, 3.63) is 69.3 Å². The molecule has 1 aromatic heterocycles. The first-order chi connectivity index (χ1) is 19.5. The molecule has 0 spiro atoms. The Morgan fingerprint density at radius 3 is 2.35 bits per heavy atom. The predicted molar refractivity (Wildman–Crippen MR) is 161 cm³/mol. The number of aromatic nitrogens is 1. The lowest BCUT2D eigenvalue weighted by atomic mass is 9.83. The van der Waals surface area contributed by atoms with E-state index < -0.39 is 6.04 Å². The van der Waals surface area contributed by atoms with E-state index in [9.17, 15) is 9.59 Å². The normalized spacial score (nSPS) is 21.6. The molecule has 8 heteroatoms. The van der Waals surface area contributed by atoms with Crippen molar-refractivity contribution < 1.29 is 9.59 Å². The van der Waals surface area contributed by atoms with Crippen molar-refractivity contribution in [2.24, 2.45) is 5.92 Å². The van der Waals surface area contributed by atoms with Gasteiger partial charge in [0.2, 0.25) is 0 Å². The van der Waals surface area contributed by atoms with Gasteiger partial charge in [0.1, 0.15) is 11.7 Å². The quantitative estimate of drug-likeness (QED) is 0.353. The van der Waals surface area contributed by atoms with Gasteiger partial charge in [-0.25, -0.2) is 0 Å². The number of amides is 1. The number of fused-ring (bicyclic) bond motifs is 1. The second-order valence-corrected chi connectivity index (χ2v) is 12.5. The van der Waals surface area contributed by atoms with Gasteiger partial charge in [0, 0.05) is 58.6 Å². The largest absolute Gasteiger partial charge is 0.350 e. The average Bonchev–Trinajstić information content (AvgIpc) is 3.36. The minimum Gasteiger partial charge on any atom is -0.350 e. The van der Waals surface area contributed by atoms with Crippen molar-refractivity contribution >= 4 is 45.8 Å². The van der Waals surface area contributed by atoms with Crippen molar-refractivity contribution in [2.75, 3.05) is 32.7 Å². The minimum absolute atomic E-state index is 0.0559. The first-order valence-corrected chi connectivity index (χ1v) is 15.6. The zero-order valence-electron chi connectivity index (χ0n) is 22.9. The molecule has 40 heavy (non-hydrogen) atoms. The monoisotopic (exact) mass is 580 g/mol. The molecule has 6 rings (SSSR count). The molecular weight excluding hydrogens is 543 g/mol. The highest BCUT2D eigenvalue weighted by atomic mass is 35.5. The number of Topliss-reactive ketones (excluding diaryl/α,β-unsaturated/α-hetero) is 1. The number of carbonyl (C=O) groups is 2. The van der Waals surface area contributed by atoms with E-state index in [1.54, 1.807) is 0 Å². The van der Waals surface area contributed by atoms with Crippen LogP contribution in [0.25, 0.3) is 10.9 Å². The number of hydrogen-bond acceptors (Lipinski definition) is 4. The predicted octanol–water partition coefficient (Wildman–Crippen LogP) is 6.42. The van der Waals surface area contributed by atoms with E-state index in [4.69, 9.17) is 23.2 Å². The number of likely N-dealkylation sites (tertiary alicyclic amines) is 1. The molecule has 3 aliphatic rings. The van der Waals surface area contributed by atoms with E-state index in [1.165, 1.54) is 6.42 Å². The Kier molecular flexibility index (Phi) is 8.50. The Bertz CT molecular complexity index is 1350. The Labute approximate surface area is 246 Å². The SMILES string of the molecule is O=C(C1CCCCC1)C1CNCCN1C(=O)c1[nH]c2ccccc2c1CN1CCC(c2c(Cl)cccc2Cl)CC1. The smallest absolute Gasteiger partial charge is 0.271 e. The Morgan fingerprint density at radius 2 is 1.60 bits per heavy atom. The molecule has 3 heterocycles. The topological polar surface area (TPSA) is 68.4 Å². The second-order valence-electron chi connectivity index (χ2n) is 11.7. The Hall–Kier alpha value is -2.38. The van der Waals surface area contributed by atoms with E-state index in [1.807, 2.05) is 41.3 Å². The van der Waals surface area contributed by atoms with Gasteiger partial charge in [-0.15, -0.1) is 0 Å². The van der Waals surface area contributed by atoms with Crippen LogP contribution in [0.2, 0.25) is 10.0 Å². The van der Waals surface area contributed by atoms with Gasteiger partial charge in [-0.1, -0.05) is 66.7 Å². The van der Waals surface area contributed by atoms with Crippen LogP contribution >= 0.6 is 23.2 Å². The van der Waals surface area contributed by atoms with Gasteiger partial charge in [-0.05, 0) is 68.5 Å². The summed E-state index contributed by atoms with van der Waals surface area (Å²) < 4.78 is 0. The lowest BCUT2D eigenvalue weighted by molar-refractivity contribution is -0.128. The first kappa shape index (κ1) is 27.8. The summed E-state index contributed by atoms with van der Waals surface area (Å²) >= 11 is 13.0. The molecule has 2 aliphatic heterocycles.